The van der Waals surface area contributed by atoms with Gasteiger partial charge in [-0.3, -0.25) is 4.90 Å². The van der Waals surface area contributed by atoms with Gasteiger partial charge < -0.3 is 10.6 Å². The molecule has 0 spiro atoms. The lowest BCUT2D eigenvalue weighted by Gasteiger charge is -2.41. The average Bonchev–Trinajstić information content (AvgIpc) is 3.10. The first-order valence-corrected chi connectivity index (χ1v) is 9.91. The number of likely N-dealkylation sites (N-methyl/N-ethyl adjacent to an activating group) is 1. The van der Waals surface area contributed by atoms with E-state index in [2.05, 4.69) is 51.0 Å². The Bertz CT molecular complexity index is 678. The lowest BCUT2D eigenvalue weighted by molar-refractivity contribution is 0.116. The summed E-state index contributed by atoms with van der Waals surface area (Å²) < 4.78 is 0. The van der Waals surface area contributed by atoms with Crippen molar-refractivity contribution in [3.8, 4) is 0 Å². The molecule has 27 heavy (non-hydrogen) atoms. The molecule has 1 aliphatic rings. The number of nitrogens with one attached hydrogen (secondary N) is 1. The molecule has 1 atom stereocenters. The van der Waals surface area contributed by atoms with E-state index in [1.165, 1.54) is 5.56 Å². The van der Waals surface area contributed by atoms with Crippen LogP contribution in [0.5, 0.6) is 0 Å². The van der Waals surface area contributed by atoms with Crippen LogP contribution in [0.25, 0.3) is 0 Å². The molecule has 0 radical (unpaired) electrons. The molecular formula is C20H33ClN6. The van der Waals surface area contributed by atoms with Crippen LogP contribution in [0.4, 0.5) is 11.9 Å². The van der Waals surface area contributed by atoms with Crippen LogP contribution >= 0.6 is 11.6 Å². The molecule has 0 aliphatic carbocycles. The largest absolute Gasteiger partial charge is 0.368 e. The summed E-state index contributed by atoms with van der Waals surface area (Å²) in [6.07, 6.45) is 4.46. The van der Waals surface area contributed by atoms with Crippen LogP contribution in [-0.2, 0) is 6.42 Å². The van der Waals surface area contributed by atoms with Crippen molar-refractivity contribution < 1.29 is 0 Å². The fourth-order valence-corrected chi connectivity index (χ4v) is 4.13. The topological polar surface area (TPSA) is 74.1 Å². The first kappa shape index (κ1) is 21.5. The standard InChI is InChI=1S/C19H29ClN6.CH4/c1-3-16(13-14-5-7-15(20)8-6-14)26(4-2)17-9-11-25(12-10-17)19-22-18(21)23-24-19;/h5-8,16-17H,3-4,9-13H2,1-2H3,(H3,21,22,23,24);1H4. The molecule has 3 N–H and O–H groups in total. The molecule has 1 unspecified atom stereocenters. The minimum Gasteiger partial charge on any atom is -0.368 e. The molecular weight excluding hydrogens is 360 g/mol. The second kappa shape index (κ2) is 9.95. The van der Waals surface area contributed by atoms with Crippen molar-refractivity contribution in [3.05, 3.63) is 34.9 Å². The van der Waals surface area contributed by atoms with Crippen molar-refractivity contribution in [3.63, 3.8) is 0 Å². The molecule has 1 aliphatic heterocycles. The number of H-pyrrole nitrogens is 1. The highest BCUT2D eigenvalue weighted by molar-refractivity contribution is 6.30. The van der Waals surface area contributed by atoms with Crippen LogP contribution in [0.3, 0.4) is 0 Å². The van der Waals surface area contributed by atoms with Crippen molar-refractivity contribution in [2.45, 2.75) is 59.0 Å². The number of hydrogen-bond donors (Lipinski definition) is 2. The minimum atomic E-state index is 0. The van der Waals surface area contributed by atoms with Crippen molar-refractivity contribution in [1.82, 2.24) is 20.1 Å². The predicted octanol–water partition coefficient (Wildman–Crippen LogP) is 3.99. The third kappa shape index (κ3) is 5.36. The van der Waals surface area contributed by atoms with Crippen molar-refractivity contribution >= 4 is 23.5 Å². The maximum atomic E-state index is 6.02. The zero-order chi connectivity index (χ0) is 18.5. The molecule has 3 rings (SSSR count). The first-order chi connectivity index (χ1) is 12.6. The van der Waals surface area contributed by atoms with E-state index in [-0.39, 0.29) is 7.43 Å². The molecule has 1 aromatic heterocycles. The Morgan fingerprint density at radius 3 is 2.44 bits per heavy atom. The van der Waals surface area contributed by atoms with E-state index in [0.29, 0.717) is 18.0 Å². The molecule has 0 amide bonds. The molecule has 2 aromatic rings. The Balaban J connectivity index is 0.00000261. The Morgan fingerprint density at radius 2 is 1.93 bits per heavy atom. The predicted molar refractivity (Wildman–Crippen MR) is 114 cm³/mol. The number of hydrogen-bond acceptors (Lipinski definition) is 5. The summed E-state index contributed by atoms with van der Waals surface area (Å²) >= 11 is 6.02. The maximum absolute atomic E-state index is 6.02. The van der Waals surface area contributed by atoms with Gasteiger partial charge in [0.1, 0.15) is 0 Å². The van der Waals surface area contributed by atoms with Crippen LogP contribution in [0, 0.1) is 0 Å². The average molecular weight is 393 g/mol. The van der Waals surface area contributed by atoms with Gasteiger partial charge in [0.25, 0.3) is 0 Å². The molecule has 1 saturated heterocycles. The Labute approximate surface area is 168 Å². The van der Waals surface area contributed by atoms with E-state index >= 15 is 0 Å². The number of rotatable bonds is 7. The summed E-state index contributed by atoms with van der Waals surface area (Å²) in [5.74, 6) is 1.10. The summed E-state index contributed by atoms with van der Waals surface area (Å²) in [5.41, 5.74) is 7.01. The van der Waals surface area contributed by atoms with E-state index in [1.807, 2.05) is 12.1 Å². The zero-order valence-corrected chi connectivity index (χ0v) is 16.4. The van der Waals surface area contributed by atoms with Crippen molar-refractivity contribution in [2.75, 3.05) is 30.3 Å². The lowest BCUT2D eigenvalue weighted by atomic mass is 9.96. The summed E-state index contributed by atoms with van der Waals surface area (Å²) in [7, 11) is 0. The lowest BCUT2D eigenvalue weighted by Crippen LogP contribution is -2.49. The van der Waals surface area contributed by atoms with E-state index < -0.39 is 0 Å². The van der Waals surface area contributed by atoms with Gasteiger partial charge in [-0.05, 0) is 49.9 Å². The number of nitrogens with zero attached hydrogens (tertiary/aromatic N) is 4. The molecule has 1 aromatic carbocycles. The number of nitrogen functional groups attached to an aromatic ring is 1. The van der Waals surface area contributed by atoms with Gasteiger partial charge in [0.15, 0.2) is 0 Å². The highest BCUT2D eigenvalue weighted by Crippen LogP contribution is 2.24. The first-order valence-electron chi connectivity index (χ1n) is 9.53. The number of nitrogens with two attached hydrogens (primary N) is 1. The zero-order valence-electron chi connectivity index (χ0n) is 15.7. The second-order valence-electron chi connectivity index (χ2n) is 6.96. The number of benzene rings is 1. The Morgan fingerprint density at radius 1 is 1.26 bits per heavy atom. The highest BCUT2D eigenvalue weighted by Gasteiger charge is 2.29. The Kier molecular flexibility index (Phi) is 7.92. The van der Waals surface area contributed by atoms with E-state index in [4.69, 9.17) is 17.3 Å². The van der Waals surface area contributed by atoms with E-state index in [0.717, 1.165) is 56.3 Å². The normalized spacial score (nSPS) is 16.4. The van der Waals surface area contributed by atoms with Crippen LogP contribution in [0.15, 0.2) is 24.3 Å². The molecule has 1 fully saturated rings. The van der Waals surface area contributed by atoms with Crippen molar-refractivity contribution in [1.29, 1.82) is 0 Å². The van der Waals surface area contributed by atoms with Gasteiger partial charge in [-0.2, -0.15) is 4.98 Å². The smallest absolute Gasteiger partial charge is 0.246 e. The van der Waals surface area contributed by atoms with Crippen LogP contribution in [0.1, 0.15) is 46.1 Å². The van der Waals surface area contributed by atoms with Gasteiger partial charge in [-0.15, -0.1) is 5.10 Å². The Hall–Kier alpha value is -1.79. The third-order valence-electron chi connectivity index (χ3n) is 5.40. The third-order valence-corrected chi connectivity index (χ3v) is 5.65. The number of halogens is 1. The van der Waals surface area contributed by atoms with E-state index in [1.54, 1.807) is 0 Å². The summed E-state index contributed by atoms with van der Waals surface area (Å²) in [4.78, 5) is 9.15. The van der Waals surface area contributed by atoms with Gasteiger partial charge in [0, 0.05) is 30.2 Å². The number of anilines is 2. The number of aromatic nitrogens is 3. The monoisotopic (exact) mass is 392 g/mol. The molecule has 150 valence electrons. The van der Waals surface area contributed by atoms with E-state index in [9.17, 15) is 0 Å². The molecule has 2 heterocycles. The van der Waals surface area contributed by atoms with Crippen LogP contribution in [-0.4, -0.2) is 51.8 Å². The molecule has 7 heteroatoms. The van der Waals surface area contributed by atoms with Crippen LogP contribution < -0.4 is 10.6 Å². The van der Waals surface area contributed by atoms with Gasteiger partial charge in [0.05, 0.1) is 0 Å². The second-order valence-corrected chi connectivity index (χ2v) is 7.40. The number of aromatic amines is 1. The van der Waals surface area contributed by atoms with Crippen molar-refractivity contribution in [2.24, 2.45) is 0 Å². The van der Waals surface area contributed by atoms with Crippen LogP contribution in [0.2, 0.25) is 5.02 Å². The van der Waals surface area contributed by atoms with Gasteiger partial charge in [-0.1, -0.05) is 45.0 Å². The maximum Gasteiger partial charge on any atom is 0.246 e. The van der Waals surface area contributed by atoms with Gasteiger partial charge in [-0.25, -0.2) is 5.10 Å². The molecule has 0 bridgehead atoms. The SMILES string of the molecule is C.CCC(Cc1ccc(Cl)cc1)N(CC)C1CCN(c2n[nH]c(N)n2)CC1. The quantitative estimate of drug-likeness (QED) is 0.745. The fourth-order valence-electron chi connectivity index (χ4n) is 4.01. The molecule has 0 saturated carbocycles. The summed E-state index contributed by atoms with van der Waals surface area (Å²) in [6.45, 7) is 7.57. The minimum absolute atomic E-state index is 0. The van der Waals surface area contributed by atoms with Gasteiger partial charge in [0.2, 0.25) is 11.9 Å². The molecule has 6 nitrogen and oxygen atoms in total. The summed E-state index contributed by atoms with van der Waals surface area (Å²) in [5, 5.41) is 7.71. The summed E-state index contributed by atoms with van der Waals surface area (Å²) in [6, 6.07) is 9.42. The fraction of sp³-hybridized carbons (Fsp3) is 0.600. The highest BCUT2D eigenvalue weighted by atomic mass is 35.5. The van der Waals surface area contributed by atoms with Gasteiger partial charge >= 0.3 is 0 Å². The number of piperidine rings is 1.